The summed E-state index contributed by atoms with van der Waals surface area (Å²) in [6, 6.07) is 11.1. The third-order valence-electron chi connectivity index (χ3n) is 3.92. The zero-order chi connectivity index (χ0) is 20.3. The van der Waals surface area contributed by atoms with Crippen molar-refractivity contribution in [1.82, 2.24) is 5.27 Å². The van der Waals surface area contributed by atoms with Gasteiger partial charge in [0.2, 0.25) is 11.3 Å². The van der Waals surface area contributed by atoms with Crippen LogP contribution in [0.1, 0.15) is 24.1 Å². The van der Waals surface area contributed by atoms with Gasteiger partial charge in [-0.1, -0.05) is 34.1 Å². The molecule has 0 aliphatic rings. The Morgan fingerprint density at radius 1 is 1.18 bits per heavy atom. The molecule has 0 radical (unpaired) electrons. The Morgan fingerprint density at radius 2 is 1.89 bits per heavy atom. The van der Waals surface area contributed by atoms with Crippen LogP contribution >= 0.6 is 15.9 Å². The van der Waals surface area contributed by atoms with Crippen molar-refractivity contribution in [3.8, 4) is 0 Å². The van der Waals surface area contributed by atoms with Gasteiger partial charge in [-0.15, -0.1) is 0 Å². The summed E-state index contributed by atoms with van der Waals surface area (Å²) < 4.78 is 45.7. The lowest BCUT2D eigenvalue weighted by molar-refractivity contribution is -0.774. The molecule has 146 valence electrons. The van der Waals surface area contributed by atoms with Crippen LogP contribution in [-0.2, 0) is 6.18 Å². The Kier molecular flexibility index (Phi) is 5.68. The van der Waals surface area contributed by atoms with Crippen LogP contribution in [0.5, 0.6) is 0 Å². The van der Waals surface area contributed by atoms with Crippen LogP contribution in [0.25, 0.3) is 0 Å². The number of hydrogen-bond donors (Lipinski definition) is 2. The van der Waals surface area contributed by atoms with Crippen LogP contribution in [0, 0.1) is 0 Å². The molecule has 28 heavy (non-hydrogen) atoms. The summed E-state index contributed by atoms with van der Waals surface area (Å²) in [5.74, 6) is 0.0495. The standard InChI is InChI=1S/C18H14BrF3N4O2/c1-11(12-5-7-14(19)8-6-12)26-10-16(28-25-26)24-17(27)23-15-4-2-3-13(9-15)18(20,21)22/h2-11H,1H3,(H-,23,24,25,27)/p+1/t11-/m1/s1. The molecule has 3 aromatic rings. The van der Waals surface area contributed by atoms with E-state index in [9.17, 15) is 18.0 Å². The first-order valence-corrected chi connectivity index (χ1v) is 8.90. The SMILES string of the molecule is C[C@H](c1ccc(Br)cc1)[n+]1cc(NC(=O)Nc2cccc(C(F)(F)F)c2)on1. The zero-order valence-corrected chi connectivity index (χ0v) is 16.1. The summed E-state index contributed by atoms with van der Waals surface area (Å²) in [6.07, 6.45) is -3.01. The second-order valence-electron chi connectivity index (χ2n) is 5.93. The largest absolute Gasteiger partial charge is 0.416 e. The first-order valence-electron chi connectivity index (χ1n) is 8.11. The summed E-state index contributed by atoms with van der Waals surface area (Å²) in [4.78, 5) is 12.0. The normalized spacial score (nSPS) is 12.5. The summed E-state index contributed by atoms with van der Waals surface area (Å²) in [5, 5.41) is 8.58. The van der Waals surface area contributed by atoms with Gasteiger partial charge < -0.3 is 5.32 Å². The van der Waals surface area contributed by atoms with E-state index in [1.807, 2.05) is 31.2 Å². The van der Waals surface area contributed by atoms with Crippen LogP contribution in [0.15, 0.2) is 63.7 Å². The topological polar surface area (TPSA) is 71.0 Å². The minimum atomic E-state index is -4.49. The van der Waals surface area contributed by atoms with Crippen LogP contribution in [0.2, 0.25) is 0 Å². The first kappa shape index (κ1) is 19.9. The number of amides is 2. The number of benzene rings is 2. The van der Waals surface area contributed by atoms with Crippen molar-refractivity contribution in [2.45, 2.75) is 19.1 Å². The number of alkyl halides is 3. The van der Waals surface area contributed by atoms with Gasteiger partial charge in [0.25, 0.3) is 6.20 Å². The fourth-order valence-electron chi connectivity index (χ4n) is 2.44. The molecule has 2 aromatic carbocycles. The Morgan fingerprint density at radius 3 is 2.57 bits per heavy atom. The number of carbonyl (C=O) groups is 1. The Labute approximate surface area is 166 Å². The van der Waals surface area contributed by atoms with E-state index in [1.54, 1.807) is 0 Å². The van der Waals surface area contributed by atoms with Gasteiger partial charge in [-0.25, -0.2) is 4.79 Å². The molecular weight excluding hydrogens is 441 g/mol. The second kappa shape index (κ2) is 8.01. The Hall–Kier alpha value is -2.88. The Balaban J connectivity index is 1.65. The highest BCUT2D eigenvalue weighted by Crippen LogP contribution is 2.30. The Bertz CT molecular complexity index is 973. The number of nitrogens with one attached hydrogen (secondary N) is 2. The number of rotatable bonds is 4. The van der Waals surface area contributed by atoms with Crippen molar-refractivity contribution in [3.05, 3.63) is 70.3 Å². The van der Waals surface area contributed by atoms with Crippen molar-refractivity contribution in [1.29, 1.82) is 0 Å². The highest BCUT2D eigenvalue weighted by Gasteiger charge is 2.30. The average molecular weight is 456 g/mol. The molecule has 0 spiro atoms. The summed E-state index contributed by atoms with van der Waals surface area (Å²) in [7, 11) is 0. The van der Waals surface area contributed by atoms with E-state index in [0.29, 0.717) is 0 Å². The molecule has 0 bridgehead atoms. The van der Waals surface area contributed by atoms with Gasteiger partial charge in [0.15, 0.2) is 0 Å². The van der Waals surface area contributed by atoms with E-state index in [0.717, 1.165) is 22.2 Å². The third-order valence-corrected chi connectivity index (χ3v) is 4.45. The minimum Gasteiger partial charge on any atom is -0.308 e. The van der Waals surface area contributed by atoms with Gasteiger partial charge in [-0.3, -0.25) is 9.84 Å². The van der Waals surface area contributed by atoms with E-state index in [1.165, 1.54) is 23.0 Å². The van der Waals surface area contributed by atoms with Crippen molar-refractivity contribution in [3.63, 3.8) is 0 Å². The highest BCUT2D eigenvalue weighted by molar-refractivity contribution is 9.10. The molecule has 2 amide bonds. The molecule has 0 fully saturated rings. The van der Waals surface area contributed by atoms with E-state index >= 15 is 0 Å². The number of anilines is 2. The molecule has 0 saturated heterocycles. The average Bonchev–Trinajstić information content (AvgIpc) is 3.09. The van der Waals surface area contributed by atoms with E-state index in [2.05, 4.69) is 31.8 Å². The first-order chi connectivity index (χ1) is 13.2. The predicted octanol–water partition coefficient (Wildman–Crippen LogP) is 5.00. The zero-order valence-electron chi connectivity index (χ0n) is 14.5. The lowest BCUT2D eigenvalue weighted by atomic mass is 10.1. The maximum absolute atomic E-state index is 12.7. The van der Waals surface area contributed by atoms with Gasteiger partial charge in [0.05, 0.1) is 5.56 Å². The van der Waals surface area contributed by atoms with Gasteiger partial charge >= 0.3 is 18.1 Å². The van der Waals surface area contributed by atoms with E-state index < -0.39 is 17.8 Å². The van der Waals surface area contributed by atoms with Gasteiger partial charge in [-0.2, -0.15) is 13.2 Å². The molecule has 1 atom stereocenters. The quantitative estimate of drug-likeness (QED) is 0.544. The third kappa shape index (κ3) is 4.89. The van der Waals surface area contributed by atoms with E-state index in [4.69, 9.17) is 4.52 Å². The van der Waals surface area contributed by atoms with Gasteiger partial charge in [0, 0.05) is 22.6 Å². The molecule has 0 aliphatic carbocycles. The monoisotopic (exact) mass is 455 g/mol. The number of halogens is 4. The number of carbonyl (C=O) groups excluding carboxylic acids is 1. The number of hydrogen-bond acceptors (Lipinski definition) is 3. The van der Waals surface area contributed by atoms with Crippen LogP contribution in [0.3, 0.4) is 0 Å². The maximum atomic E-state index is 12.7. The summed E-state index contributed by atoms with van der Waals surface area (Å²) in [6.45, 7) is 1.90. The lowest BCUT2D eigenvalue weighted by Gasteiger charge is -2.09. The molecule has 2 N–H and O–H groups in total. The van der Waals surface area contributed by atoms with E-state index in [-0.39, 0.29) is 17.6 Å². The number of aromatic nitrogens is 2. The van der Waals surface area contributed by atoms with Gasteiger partial charge in [-0.05, 0) is 35.0 Å². The smallest absolute Gasteiger partial charge is 0.308 e. The van der Waals surface area contributed by atoms with Crippen molar-refractivity contribution in [2.24, 2.45) is 0 Å². The second-order valence-corrected chi connectivity index (χ2v) is 6.85. The van der Waals surface area contributed by atoms with Crippen LogP contribution in [0.4, 0.5) is 29.5 Å². The molecule has 0 saturated carbocycles. The summed E-state index contributed by atoms with van der Waals surface area (Å²) >= 11 is 3.37. The number of urea groups is 1. The molecule has 10 heteroatoms. The highest BCUT2D eigenvalue weighted by atomic mass is 79.9. The van der Waals surface area contributed by atoms with Crippen molar-refractivity contribution >= 4 is 33.5 Å². The molecule has 1 aromatic heterocycles. The molecule has 0 unspecified atom stereocenters. The molecule has 6 nitrogen and oxygen atoms in total. The van der Waals surface area contributed by atoms with Crippen LogP contribution in [-0.4, -0.2) is 11.3 Å². The van der Waals surface area contributed by atoms with Crippen LogP contribution < -0.4 is 15.3 Å². The minimum absolute atomic E-state index is 0.00273. The molecular formula is C18H15BrF3N4O2+. The lowest BCUT2D eigenvalue weighted by Crippen LogP contribution is -2.39. The van der Waals surface area contributed by atoms with Gasteiger partial charge in [0.1, 0.15) is 0 Å². The van der Waals surface area contributed by atoms with Crippen molar-refractivity contribution < 1.29 is 27.2 Å². The summed E-state index contributed by atoms with van der Waals surface area (Å²) in [5.41, 5.74) is 0.121. The fraction of sp³-hybridized carbons (Fsp3) is 0.167. The molecule has 3 rings (SSSR count). The molecule has 0 aliphatic heterocycles. The fourth-order valence-corrected chi connectivity index (χ4v) is 2.70. The predicted molar refractivity (Wildman–Crippen MR) is 98.7 cm³/mol. The maximum Gasteiger partial charge on any atom is 0.416 e. The van der Waals surface area contributed by atoms with Crippen molar-refractivity contribution in [2.75, 3.05) is 10.6 Å². The number of nitrogens with zero attached hydrogens (tertiary/aromatic N) is 2. The molecule has 1 heterocycles.